The number of unbranched alkanes of at least 4 members (excludes halogenated alkanes) is 1. The number of hydrogen-bond acceptors (Lipinski definition) is 4. The fourth-order valence-electron chi connectivity index (χ4n) is 0.965. The molecule has 20 heavy (non-hydrogen) atoms. The smallest absolute Gasteiger partial charge is 0.295 e. The molecule has 0 aromatic heterocycles. The van der Waals surface area contributed by atoms with Crippen LogP contribution >= 0.6 is 0 Å². The van der Waals surface area contributed by atoms with E-state index in [1.54, 1.807) is 12.1 Å². The van der Waals surface area contributed by atoms with Gasteiger partial charge in [-0.05, 0) is 19.1 Å². The van der Waals surface area contributed by atoms with Crippen molar-refractivity contribution in [3.8, 4) is 0 Å². The molecule has 1 aromatic carbocycles. The summed E-state index contributed by atoms with van der Waals surface area (Å²) in [6.45, 7) is 5.82. The molecule has 0 bridgehead atoms. The largest absolute Gasteiger partial charge is 0.373 e. The first-order valence-corrected chi connectivity index (χ1v) is 5.92. The lowest BCUT2D eigenvalue weighted by atomic mass is 10.1. The molecule has 0 radical (unpaired) electrons. The molecule has 1 rings (SSSR count). The van der Waals surface area contributed by atoms with Crippen molar-refractivity contribution in [3.05, 3.63) is 35.4 Å². The Balaban J connectivity index is -0.000000429. The second kappa shape index (κ2) is 13.7. The van der Waals surface area contributed by atoms with E-state index in [2.05, 4.69) is 23.6 Å². The Hall–Kier alpha value is -1.68. The SMILES string of the molecule is C.C.CCCC.COOC(=O)c1ccc(C(C)=O)cc1. The Labute approximate surface area is 123 Å². The first-order chi connectivity index (χ1) is 8.56. The highest BCUT2D eigenvalue weighted by molar-refractivity contribution is 5.95. The van der Waals surface area contributed by atoms with Gasteiger partial charge in [0.15, 0.2) is 5.78 Å². The van der Waals surface area contributed by atoms with E-state index in [0.717, 1.165) is 0 Å². The summed E-state index contributed by atoms with van der Waals surface area (Å²) < 4.78 is 0. The Bertz CT molecular complexity index is 367. The summed E-state index contributed by atoms with van der Waals surface area (Å²) in [7, 11) is 1.25. The molecule has 0 amide bonds. The van der Waals surface area contributed by atoms with Crippen molar-refractivity contribution in [2.24, 2.45) is 0 Å². The predicted molar refractivity (Wildman–Crippen MR) is 82.9 cm³/mol. The molecule has 116 valence electrons. The zero-order chi connectivity index (χ0) is 14.0. The van der Waals surface area contributed by atoms with Crippen LogP contribution in [0.4, 0.5) is 0 Å². The Morgan fingerprint density at radius 3 is 1.65 bits per heavy atom. The van der Waals surface area contributed by atoms with Gasteiger partial charge in [-0.25, -0.2) is 4.79 Å². The standard InChI is InChI=1S/C10H10O4.C4H10.2CH4/c1-7(11)8-3-5-9(6-4-8)10(12)14-13-2;1-3-4-2;;/h3-6H,1-2H3;3-4H2,1-2H3;2*1H4. The number of hydrogen-bond donors (Lipinski definition) is 0. The van der Waals surface area contributed by atoms with Crippen molar-refractivity contribution in [2.75, 3.05) is 7.11 Å². The zero-order valence-electron chi connectivity index (χ0n) is 11.4. The Kier molecular flexibility index (Phi) is 16.1. The van der Waals surface area contributed by atoms with Gasteiger partial charge in [0.2, 0.25) is 0 Å². The van der Waals surface area contributed by atoms with Gasteiger partial charge in [0.05, 0.1) is 12.7 Å². The van der Waals surface area contributed by atoms with E-state index in [-0.39, 0.29) is 20.6 Å². The molecule has 1 aromatic rings. The second-order valence-corrected chi connectivity index (χ2v) is 3.67. The molecule has 0 atom stereocenters. The summed E-state index contributed by atoms with van der Waals surface area (Å²) in [5, 5.41) is 0. The average Bonchev–Trinajstić information content (AvgIpc) is 2.39. The molecule has 0 aliphatic heterocycles. The van der Waals surface area contributed by atoms with Gasteiger partial charge in [-0.15, -0.1) is 0 Å². The average molecular weight is 284 g/mol. The summed E-state index contributed by atoms with van der Waals surface area (Å²) >= 11 is 0. The van der Waals surface area contributed by atoms with Crippen molar-refractivity contribution in [3.63, 3.8) is 0 Å². The van der Waals surface area contributed by atoms with E-state index in [1.807, 2.05) is 0 Å². The van der Waals surface area contributed by atoms with Crippen molar-refractivity contribution < 1.29 is 19.4 Å². The topological polar surface area (TPSA) is 52.6 Å². The van der Waals surface area contributed by atoms with E-state index in [1.165, 1.54) is 39.0 Å². The highest BCUT2D eigenvalue weighted by Gasteiger charge is 2.07. The van der Waals surface area contributed by atoms with Crippen molar-refractivity contribution in [1.29, 1.82) is 0 Å². The van der Waals surface area contributed by atoms with Gasteiger partial charge >= 0.3 is 5.97 Å². The quantitative estimate of drug-likeness (QED) is 0.457. The van der Waals surface area contributed by atoms with Gasteiger partial charge in [0.25, 0.3) is 0 Å². The molecule has 0 unspecified atom stereocenters. The molecule has 0 saturated carbocycles. The van der Waals surface area contributed by atoms with Crippen molar-refractivity contribution >= 4 is 11.8 Å². The molecule has 0 N–H and O–H groups in total. The lowest BCUT2D eigenvalue weighted by Crippen LogP contribution is -2.04. The van der Waals surface area contributed by atoms with Crippen LogP contribution in [0.3, 0.4) is 0 Å². The maximum Gasteiger partial charge on any atom is 0.373 e. The molecule has 0 aliphatic rings. The minimum atomic E-state index is -0.581. The van der Waals surface area contributed by atoms with E-state index >= 15 is 0 Å². The first kappa shape index (κ1) is 23.4. The number of carbonyl (C=O) groups excluding carboxylic acids is 2. The van der Waals surface area contributed by atoms with Gasteiger partial charge < -0.3 is 0 Å². The van der Waals surface area contributed by atoms with Crippen LogP contribution in [-0.2, 0) is 9.78 Å². The molecule has 0 saturated heterocycles. The Morgan fingerprint density at radius 2 is 1.35 bits per heavy atom. The predicted octanol–water partition coefficient (Wildman–Crippen LogP) is 4.69. The summed E-state index contributed by atoms with van der Waals surface area (Å²) in [5.74, 6) is -0.626. The lowest BCUT2D eigenvalue weighted by Gasteiger charge is -2.00. The molecular formula is C16H28O4. The number of carbonyl (C=O) groups is 2. The van der Waals surface area contributed by atoms with Crippen LogP contribution in [0.5, 0.6) is 0 Å². The van der Waals surface area contributed by atoms with E-state index < -0.39 is 5.97 Å². The van der Waals surface area contributed by atoms with Gasteiger partial charge in [-0.2, -0.15) is 4.89 Å². The third kappa shape index (κ3) is 9.28. The van der Waals surface area contributed by atoms with Crippen LogP contribution < -0.4 is 0 Å². The van der Waals surface area contributed by atoms with Crippen LogP contribution in [0, 0.1) is 0 Å². The lowest BCUT2D eigenvalue weighted by molar-refractivity contribution is -0.216. The van der Waals surface area contributed by atoms with Crippen LogP contribution in [0.2, 0.25) is 0 Å². The van der Waals surface area contributed by atoms with Gasteiger partial charge in [0.1, 0.15) is 0 Å². The molecule has 4 nitrogen and oxygen atoms in total. The van der Waals surface area contributed by atoms with E-state index in [4.69, 9.17) is 0 Å². The van der Waals surface area contributed by atoms with Crippen molar-refractivity contribution in [1.82, 2.24) is 0 Å². The summed E-state index contributed by atoms with van der Waals surface area (Å²) in [4.78, 5) is 30.5. The highest BCUT2D eigenvalue weighted by Crippen LogP contribution is 2.06. The van der Waals surface area contributed by atoms with Gasteiger partial charge in [-0.1, -0.05) is 53.7 Å². The third-order valence-corrected chi connectivity index (χ3v) is 2.19. The number of Topliss-reactive ketones (excluding diaryl/α,β-unsaturated/α-hetero) is 1. The number of ketones is 1. The third-order valence-electron chi connectivity index (χ3n) is 2.19. The maximum absolute atomic E-state index is 11.1. The molecule has 0 spiro atoms. The molecular weight excluding hydrogens is 256 g/mol. The fraction of sp³-hybridized carbons (Fsp3) is 0.500. The number of benzene rings is 1. The first-order valence-electron chi connectivity index (χ1n) is 5.92. The Morgan fingerprint density at radius 1 is 0.950 bits per heavy atom. The van der Waals surface area contributed by atoms with Gasteiger partial charge in [0, 0.05) is 5.56 Å². The van der Waals surface area contributed by atoms with Crippen LogP contribution in [0.25, 0.3) is 0 Å². The molecule has 4 heteroatoms. The van der Waals surface area contributed by atoms with Gasteiger partial charge in [-0.3, -0.25) is 9.68 Å². The summed E-state index contributed by atoms with van der Waals surface area (Å²) in [6.07, 6.45) is 2.64. The van der Waals surface area contributed by atoms with Crippen molar-refractivity contribution in [2.45, 2.75) is 48.5 Å². The second-order valence-electron chi connectivity index (χ2n) is 3.67. The summed E-state index contributed by atoms with van der Waals surface area (Å²) in [5.41, 5.74) is 0.899. The van der Waals surface area contributed by atoms with E-state index in [9.17, 15) is 9.59 Å². The monoisotopic (exact) mass is 284 g/mol. The number of rotatable bonds is 4. The highest BCUT2D eigenvalue weighted by atomic mass is 17.2. The molecule has 0 heterocycles. The fourth-order valence-corrected chi connectivity index (χ4v) is 0.965. The normalized spacial score (nSPS) is 8.20. The minimum absolute atomic E-state index is 0. The maximum atomic E-state index is 11.1. The molecule has 0 aliphatic carbocycles. The van der Waals surface area contributed by atoms with Crippen LogP contribution in [-0.4, -0.2) is 18.9 Å². The van der Waals surface area contributed by atoms with Crippen LogP contribution in [0.15, 0.2) is 24.3 Å². The van der Waals surface area contributed by atoms with E-state index in [0.29, 0.717) is 11.1 Å². The van der Waals surface area contributed by atoms with Crippen LogP contribution in [0.1, 0.15) is 69.2 Å². The summed E-state index contributed by atoms with van der Waals surface area (Å²) in [6, 6.07) is 6.15. The molecule has 0 fully saturated rings. The zero-order valence-corrected chi connectivity index (χ0v) is 11.4. The minimum Gasteiger partial charge on any atom is -0.295 e.